The quantitative estimate of drug-likeness (QED) is 0.347. The van der Waals surface area contributed by atoms with Crippen molar-refractivity contribution in [1.82, 2.24) is 0 Å². The fourth-order valence-corrected chi connectivity index (χ4v) is 17.2. The van der Waals surface area contributed by atoms with Crippen LogP contribution >= 0.6 is 7.26 Å². The molecule has 1 rings (SSSR count). The number of ether oxygens (including phenoxy) is 1. The molecule has 0 unspecified atom stereocenters. The van der Waals surface area contributed by atoms with Gasteiger partial charge in [0.05, 0.1) is 22.7 Å². The maximum absolute atomic E-state index is 10.6. The van der Waals surface area contributed by atoms with Gasteiger partial charge in [-0.15, -0.1) is 0 Å². The minimum atomic E-state index is -2.98. The van der Waals surface area contributed by atoms with Crippen molar-refractivity contribution in [1.29, 1.82) is 0 Å². The summed E-state index contributed by atoms with van der Waals surface area (Å²) < 4.78 is 24.5. The van der Waals surface area contributed by atoms with E-state index in [1.54, 1.807) is 6.07 Å². The third kappa shape index (κ3) is 6.95. The van der Waals surface area contributed by atoms with Gasteiger partial charge in [0.15, 0.2) is 12.0 Å². The van der Waals surface area contributed by atoms with Gasteiger partial charge in [-0.1, -0.05) is 0 Å². The zero-order valence-corrected chi connectivity index (χ0v) is 26.4. The molecule has 194 valence electrons. The second kappa shape index (κ2) is 12.2. The smallest absolute Gasteiger partial charge is 0.540 e. The van der Waals surface area contributed by atoms with Crippen molar-refractivity contribution in [2.24, 2.45) is 0 Å². The number of halogens is 1. The van der Waals surface area contributed by atoms with Gasteiger partial charge in [0.1, 0.15) is 11.1 Å². The number of hydrogen-bond acceptors (Lipinski definition) is 5. The Hall–Kier alpha value is -0.173. The molecule has 1 N–H and O–H groups in total. The summed E-state index contributed by atoms with van der Waals surface area (Å²) in [7, 11) is -4.97. The van der Waals surface area contributed by atoms with E-state index in [4.69, 9.17) is 18.0 Å². The Morgan fingerprint density at radius 2 is 1.15 bits per heavy atom. The van der Waals surface area contributed by atoms with Gasteiger partial charge in [0, 0.05) is 25.9 Å². The first kappa shape index (κ1) is 32.8. The van der Waals surface area contributed by atoms with Crippen LogP contribution in [0.1, 0.15) is 83.1 Å². The number of aromatic hydroxyl groups is 1. The van der Waals surface area contributed by atoms with Crippen LogP contribution in [0.4, 0.5) is 0 Å². The van der Waals surface area contributed by atoms with Crippen molar-refractivity contribution in [2.45, 2.75) is 98.6 Å². The highest BCUT2D eigenvalue weighted by molar-refractivity contribution is 7.87. The first-order valence-corrected chi connectivity index (χ1v) is 15.5. The topological polar surface area (TPSA) is 57.2 Å². The Bertz CT molecular complexity index is 685. The summed E-state index contributed by atoms with van der Waals surface area (Å²) in [4.78, 5) is 0. The standard InChI is InChI=1S/C25H47O5PSi.BrH/c1-13-28-32(29-14-2,30-15-3)19-27-21-17-16-20(26)18-22(21)31(23(4,5)6,24(7,8)9)25(10,11)12;/h16-18H,13-15,19H2,1-12H3;1H. The van der Waals surface area contributed by atoms with Crippen molar-refractivity contribution >= 4 is 21.4 Å². The lowest BCUT2D eigenvalue weighted by Crippen LogP contribution is -3.00. The largest absolute Gasteiger partial charge is 1.00 e. The third-order valence-corrected chi connectivity index (χ3v) is 15.6. The average Bonchev–Trinajstić information content (AvgIpc) is 2.58. The Morgan fingerprint density at radius 1 is 0.758 bits per heavy atom. The molecule has 0 aliphatic heterocycles. The van der Waals surface area contributed by atoms with Gasteiger partial charge in [-0.2, -0.15) is 0 Å². The molecule has 0 saturated carbocycles. The monoisotopic (exact) mass is 566 g/mol. The number of phenolic OH excluding ortho intramolecular Hbond substituents is 1. The summed E-state index contributed by atoms with van der Waals surface area (Å²) in [6, 6.07) is 5.52. The van der Waals surface area contributed by atoms with Gasteiger partial charge in [0.2, 0.25) is 0 Å². The van der Waals surface area contributed by atoms with E-state index >= 15 is 0 Å². The molecular formula is C25H48BrO5PSi. The lowest BCUT2D eigenvalue weighted by molar-refractivity contribution is -0.0000208. The molecule has 0 amide bonds. The van der Waals surface area contributed by atoms with E-state index in [1.165, 1.54) is 0 Å². The lowest BCUT2D eigenvalue weighted by atomic mass is 10.2. The number of benzene rings is 1. The van der Waals surface area contributed by atoms with Crippen LogP contribution in [0, 0.1) is 0 Å². The molecule has 0 radical (unpaired) electrons. The summed E-state index contributed by atoms with van der Waals surface area (Å²) in [6.07, 6.45) is 0.235. The van der Waals surface area contributed by atoms with Crippen LogP contribution in [-0.4, -0.2) is 55.4 Å². The maximum atomic E-state index is 10.6. The minimum absolute atomic E-state index is 0. The SMILES string of the molecule is CCO[Si](COc1ccc(O)cc1[P+](C(C)(C)C)(C(C)(C)C)C(C)(C)C)(OCC)OCC.[Br-]. The van der Waals surface area contributed by atoms with Gasteiger partial charge in [-0.05, 0) is 95.2 Å². The first-order valence-electron chi connectivity index (χ1n) is 11.8. The van der Waals surface area contributed by atoms with Crippen LogP contribution < -0.4 is 27.0 Å². The van der Waals surface area contributed by atoms with Crippen LogP contribution in [-0.2, 0) is 13.3 Å². The normalized spacial score (nSPS) is 13.6. The van der Waals surface area contributed by atoms with Crippen molar-refractivity contribution in [2.75, 3.05) is 26.1 Å². The van der Waals surface area contributed by atoms with E-state index in [-0.39, 0.29) is 44.4 Å². The van der Waals surface area contributed by atoms with Crippen LogP contribution in [0.25, 0.3) is 0 Å². The second-order valence-electron chi connectivity index (χ2n) is 11.1. The third-order valence-electron chi connectivity index (χ3n) is 5.82. The fourth-order valence-electron chi connectivity index (χ4n) is 6.07. The molecule has 0 aliphatic rings. The zero-order chi connectivity index (χ0) is 25.0. The molecule has 8 heteroatoms. The molecule has 5 nitrogen and oxygen atoms in total. The number of hydrogen-bond donors (Lipinski definition) is 1. The highest BCUT2D eigenvalue weighted by Crippen LogP contribution is 2.83. The fraction of sp³-hybridized carbons (Fsp3) is 0.760. The molecule has 0 aromatic heterocycles. The molecule has 0 aliphatic carbocycles. The molecule has 1 aromatic carbocycles. The Labute approximate surface area is 215 Å². The summed E-state index contributed by atoms with van der Waals surface area (Å²) in [6.45, 7) is 28.3. The molecule has 0 atom stereocenters. The molecule has 0 fully saturated rings. The van der Waals surface area contributed by atoms with Gasteiger partial charge >= 0.3 is 8.80 Å². The predicted octanol–water partition coefficient (Wildman–Crippen LogP) is 3.40. The highest BCUT2D eigenvalue weighted by Gasteiger charge is 2.67. The van der Waals surface area contributed by atoms with Gasteiger partial charge < -0.3 is 40.1 Å². The van der Waals surface area contributed by atoms with Crippen molar-refractivity contribution in [3.05, 3.63) is 18.2 Å². The highest BCUT2D eigenvalue weighted by atomic mass is 79.9. The van der Waals surface area contributed by atoms with Crippen LogP contribution in [0.3, 0.4) is 0 Å². The first-order chi connectivity index (χ1) is 14.5. The Morgan fingerprint density at radius 3 is 1.48 bits per heavy atom. The van der Waals surface area contributed by atoms with E-state index < -0.39 is 16.1 Å². The van der Waals surface area contributed by atoms with Crippen molar-refractivity contribution in [3.8, 4) is 11.5 Å². The maximum Gasteiger partial charge on any atom is 0.540 e. The van der Waals surface area contributed by atoms with Gasteiger partial charge in [-0.25, -0.2) is 0 Å². The van der Waals surface area contributed by atoms with E-state index in [0.29, 0.717) is 19.8 Å². The summed E-state index contributed by atoms with van der Waals surface area (Å²) in [5.41, 5.74) is 0. The molecule has 0 spiro atoms. The van der Waals surface area contributed by atoms with Crippen molar-refractivity contribution in [3.63, 3.8) is 0 Å². The van der Waals surface area contributed by atoms with E-state index in [1.807, 2.05) is 32.9 Å². The van der Waals surface area contributed by atoms with E-state index in [9.17, 15) is 5.11 Å². The van der Waals surface area contributed by atoms with Gasteiger partial charge in [0.25, 0.3) is 0 Å². The van der Waals surface area contributed by atoms with Crippen LogP contribution in [0.15, 0.2) is 18.2 Å². The zero-order valence-electron chi connectivity index (χ0n) is 23.0. The molecule has 33 heavy (non-hydrogen) atoms. The Kier molecular flexibility index (Phi) is 12.1. The van der Waals surface area contributed by atoms with Crippen LogP contribution in [0.5, 0.6) is 11.5 Å². The molecule has 0 bridgehead atoms. The van der Waals surface area contributed by atoms with E-state index in [2.05, 4.69) is 62.3 Å². The molecular weight excluding hydrogens is 519 g/mol. The number of rotatable bonds is 10. The summed E-state index contributed by atoms with van der Waals surface area (Å²) in [5.74, 6) is 1.05. The Balaban J connectivity index is 0.0000102. The van der Waals surface area contributed by atoms with Crippen LogP contribution in [0.2, 0.25) is 0 Å². The van der Waals surface area contributed by atoms with Crippen molar-refractivity contribution < 1.29 is 40.1 Å². The van der Waals surface area contributed by atoms with Gasteiger partial charge in [-0.3, -0.25) is 0 Å². The average molecular weight is 568 g/mol. The second-order valence-corrected chi connectivity index (χ2v) is 19.5. The minimum Gasteiger partial charge on any atom is -1.00 e. The molecule has 0 saturated heterocycles. The van der Waals surface area contributed by atoms with E-state index in [0.717, 1.165) is 11.1 Å². The molecule has 1 aromatic rings. The predicted molar refractivity (Wildman–Crippen MR) is 140 cm³/mol. The number of phenols is 1. The molecule has 0 heterocycles. The summed E-state index contributed by atoms with van der Waals surface area (Å²) >= 11 is 0. The lowest BCUT2D eigenvalue weighted by Gasteiger charge is -2.54. The summed E-state index contributed by atoms with van der Waals surface area (Å²) in [5, 5.41) is 11.6.